The normalized spacial score (nSPS) is 14.1. The summed E-state index contributed by atoms with van der Waals surface area (Å²) in [4.78, 5) is 29.3. The Morgan fingerprint density at radius 1 is 0.906 bits per heavy atom. The van der Waals surface area contributed by atoms with E-state index in [1.807, 2.05) is 34.1 Å². The molecule has 0 bridgehead atoms. The first-order valence-electron chi connectivity index (χ1n) is 10.4. The van der Waals surface area contributed by atoms with Crippen molar-refractivity contribution in [1.82, 2.24) is 10.3 Å². The molecule has 1 aromatic carbocycles. The van der Waals surface area contributed by atoms with Crippen LogP contribution in [0.3, 0.4) is 0 Å². The number of anilines is 4. The summed E-state index contributed by atoms with van der Waals surface area (Å²) in [5.74, 6) is 0.460. The standard InChI is InChI=1S/C22H26N6O4/c1-14-10-27(12-19(29)23-21-8-15(2)25-31-21)17-6-4-5-7-18(17)28(11-14)13-20(30)24-22-9-16(3)26-32-22/h4-9,14H,10-13H2,1-3H3,(H,23,29)(H,24,30). The second kappa shape index (κ2) is 9.13. The number of amides is 2. The molecule has 0 saturated carbocycles. The Morgan fingerprint density at radius 3 is 1.72 bits per heavy atom. The Labute approximate surface area is 185 Å². The highest BCUT2D eigenvalue weighted by molar-refractivity contribution is 5.95. The zero-order valence-electron chi connectivity index (χ0n) is 18.3. The highest BCUT2D eigenvalue weighted by Crippen LogP contribution is 2.33. The molecule has 1 aliphatic rings. The predicted octanol–water partition coefficient (Wildman–Crippen LogP) is 2.82. The first-order valence-corrected chi connectivity index (χ1v) is 10.4. The quantitative estimate of drug-likeness (QED) is 0.603. The maximum absolute atomic E-state index is 12.6. The number of fused-ring (bicyclic) bond motifs is 1. The van der Waals surface area contributed by atoms with E-state index in [9.17, 15) is 9.59 Å². The molecule has 0 radical (unpaired) electrons. The molecule has 2 N–H and O–H groups in total. The van der Waals surface area contributed by atoms with Gasteiger partial charge in [0.05, 0.1) is 35.9 Å². The Hall–Kier alpha value is -3.82. The molecule has 0 saturated heterocycles. The Balaban J connectivity index is 1.49. The lowest BCUT2D eigenvalue weighted by atomic mass is 10.1. The molecule has 0 fully saturated rings. The van der Waals surface area contributed by atoms with E-state index >= 15 is 0 Å². The molecule has 3 heterocycles. The Morgan fingerprint density at radius 2 is 1.34 bits per heavy atom. The zero-order valence-corrected chi connectivity index (χ0v) is 18.3. The van der Waals surface area contributed by atoms with Gasteiger partial charge in [-0.1, -0.05) is 29.4 Å². The van der Waals surface area contributed by atoms with Crippen LogP contribution in [0.5, 0.6) is 0 Å². The van der Waals surface area contributed by atoms with Gasteiger partial charge in [-0.05, 0) is 31.9 Å². The topological polar surface area (TPSA) is 117 Å². The summed E-state index contributed by atoms with van der Waals surface area (Å²) < 4.78 is 10.2. The fourth-order valence-electron chi connectivity index (χ4n) is 3.85. The summed E-state index contributed by atoms with van der Waals surface area (Å²) in [6.45, 7) is 7.32. The van der Waals surface area contributed by atoms with Gasteiger partial charge in [0.25, 0.3) is 0 Å². The van der Waals surface area contributed by atoms with Gasteiger partial charge in [-0.25, -0.2) is 0 Å². The fourth-order valence-corrected chi connectivity index (χ4v) is 3.85. The average Bonchev–Trinajstić information content (AvgIpc) is 3.30. The van der Waals surface area contributed by atoms with Crippen LogP contribution in [-0.4, -0.2) is 48.3 Å². The van der Waals surface area contributed by atoms with Crippen molar-refractivity contribution >= 4 is 35.0 Å². The molecule has 2 amide bonds. The number of carbonyl (C=O) groups excluding carboxylic acids is 2. The van der Waals surface area contributed by atoms with Gasteiger partial charge in [0.2, 0.25) is 23.6 Å². The fraction of sp³-hybridized carbons (Fsp3) is 0.364. The van der Waals surface area contributed by atoms with Gasteiger partial charge >= 0.3 is 0 Å². The predicted molar refractivity (Wildman–Crippen MR) is 120 cm³/mol. The van der Waals surface area contributed by atoms with E-state index in [0.717, 1.165) is 11.4 Å². The largest absolute Gasteiger partial charge is 0.360 e. The minimum Gasteiger partial charge on any atom is -0.360 e. The molecule has 4 rings (SSSR count). The van der Waals surface area contributed by atoms with Gasteiger partial charge in [0, 0.05) is 25.2 Å². The molecule has 3 aromatic rings. The minimum absolute atomic E-state index is 0.151. The van der Waals surface area contributed by atoms with E-state index in [-0.39, 0.29) is 30.8 Å². The van der Waals surface area contributed by atoms with E-state index in [0.29, 0.717) is 36.2 Å². The third kappa shape index (κ3) is 5.08. The molecular weight excluding hydrogens is 412 g/mol. The van der Waals surface area contributed by atoms with Crippen LogP contribution in [0, 0.1) is 19.8 Å². The maximum atomic E-state index is 12.6. The molecule has 0 aliphatic carbocycles. The van der Waals surface area contributed by atoms with Crippen LogP contribution >= 0.6 is 0 Å². The van der Waals surface area contributed by atoms with Crippen molar-refractivity contribution in [3.05, 3.63) is 47.8 Å². The third-order valence-corrected chi connectivity index (χ3v) is 5.08. The smallest absolute Gasteiger partial charge is 0.246 e. The molecule has 0 unspecified atom stereocenters. The van der Waals surface area contributed by atoms with E-state index in [1.165, 1.54) is 0 Å². The Kier molecular flexibility index (Phi) is 6.11. The summed E-state index contributed by atoms with van der Waals surface area (Å²) >= 11 is 0. The van der Waals surface area contributed by atoms with Crippen LogP contribution in [0.4, 0.5) is 23.1 Å². The number of nitrogens with zero attached hydrogens (tertiary/aromatic N) is 4. The van der Waals surface area contributed by atoms with Crippen molar-refractivity contribution in [1.29, 1.82) is 0 Å². The number of aryl methyl sites for hydroxylation is 2. The third-order valence-electron chi connectivity index (χ3n) is 5.08. The van der Waals surface area contributed by atoms with Gasteiger partial charge in [0.15, 0.2) is 0 Å². The second-order valence-electron chi connectivity index (χ2n) is 8.12. The van der Waals surface area contributed by atoms with Crippen LogP contribution in [-0.2, 0) is 9.59 Å². The minimum atomic E-state index is -0.199. The van der Waals surface area contributed by atoms with Gasteiger partial charge in [-0.2, -0.15) is 0 Å². The maximum Gasteiger partial charge on any atom is 0.246 e. The van der Waals surface area contributed by atoms with Gasteiger partial charge in [-0.15, -0.1) is 0 Å². The molecule has 168 valence electrons. The second-order valence-corrected chi connectivity index (χ2v) is 8.12. The molecule has 32 heavy (non-hydrogen) atoms. The van der Waals surface area contributed by atoms with Gasteiger partial charge in [0.1, 0.15) is 0 Å². The van der Waals surface area contributed by atoms with E-state index in [2.05, 4.69) is 27.9 Å². The molecule has 10 heteroatoms. The summed E-state index contributed by atoms with van der Waals surface area (Å²) in [6.07, 6.45) is 0. The average molecular weight is 438 g/mol. The number of para-hydroxylation sites is 2. The van der Waals surface area contributed by atoms with E-state index in [4.69, 9.17) is 9.05 Å². The van der Waals surface area contributed by atoms with Crippen molar-refractivity contribution < 1.29 is 18.6 Å². The van der Waals surface area contributed by atoms with Crippen molar-refractivity contribution in [2.75, 3.05) is 46.6 Å². The molecule has 0 spiro atoms. The van der Waals surface area contributed by atoms with E-state index in [1.54, 1.807) is 26.0 Å². The first kappa shape index (κ1) is 21.4. The SMILES string of the molecule is Cc1cc(NC(=O)CN2CC(C)CN(CC(=O)Nc3cc(C)no3)c3ccccc32)on1. The molecular formula is C22H26N6O4. The summed E-state index contributed by atoms with van der Waals surface area (Å²) in [5, 5.41) is 13.1. The highest BCUT2D eigenvalue weighted by Gasteiger charge is 2.27. The number of carbonyl (C=O) groups is 2. The van der Waals surface area contributed by atoms with Crippen LogP contribution in [0.2, 0.25) is 0 Å². The van der Waals surface area contributed by atoms with Crippen molar-refractivity contribution in [3.63, 3.8) is 0 Å². The summed E-state index contributed by atoms with van der Waals surface area (Å²) in [6, 6.07) is 11.1. The number of aromatic nitrogens is 2. The van der Waals surface area contributed by atoms with Gasteiger partial charge in [-0.3, -0.25) is 20.2 Å². The Bertz CT molecular complexity index is 1020. The van der Waals surface area contributed by atoms with Gasteiger partial charge < -0.3 is 18.8 Å². The van der Waals surface area contributed by atoms with Crippen LogP contribution < -0.4 is 20.4 Å². The van der Waals surface area contributed by atoms with E-state index < -0.39 is 0 Å². The van der Waals surface area contributed by atoms with Crippen molar-refractivity contribution in [3.8, 4) is 0 Å². The van der Waals surface area contributed by atoms with Crippen molar-refractivity contribution in [2.45, 2.75) is 20.8 Å². The lowest BCUT2D eigenvalue weighted by Crippen LogP contribution is -2.37. The molecule has 1 aliphatic heterocycles. The molecule has 2 aromatic heterocycles. The lowest BCUT2D eigenvalue weighted by Gasteiger charge is -2.26. The monoisotopic (exact) mass is 438 g/mol. The number of hydrogen-bond donors (Lipinski definition) is 2. The van der Waals surface area contributed by atoms with Crippen LogP contribution in [0.1, 0.15) is 18.3 Å². The number of hydrogen-bond acceptors (Lipinski definition) is 8. The zero-order chi connectivity index (χ0) is 22.7. The molecule has 10 nitrogen and oxygen atoms in total. The highest BCUT2D eigenvalue weighted by atomic mass is 16.5. The number of rotatable bonds is 6. The number of benzene rings is 1. The number of nitrogens with one attached hydrogen (secondary N) is 2. The molecule has 0 atom stereocenters. The van der Waals surface area contributed by atoms with Crippen LogP contribution in [0.25, 0.3) is 0 Å². The summed E-state index contributed by atoms with van der Waals surface area (Å²) in [5.41, 5.74) is 3.18. The first-order chi connectivity index (χ1) is 15.4. The lowest BCUT2D eigenvalue weighted by molar-refractivity contribution is -0.115. The van der Waals surface area contributed by atoms with Crippen molar-refractivity contribution in [2.24, 2.45) is 5.92 Å². The summed E-state index contributed by atoms with van der Waals surface area (Å²) in [7, 11) is 0. The van der Waals surface area contributed by atoms with Crippen LogP contribution in [0.15, 0.2) is 45.4 Å².